The van der Waals surface area contributed by atoms with Crippen LogP contribution in [0.3, 0.4) is 0 Å². The first kappa shape index (κ1) is 30.0. The highest BCUT2D eigenvalue weighted by molar-refractivity contribution is 5.69. The largest absolute Gasteiger partial charge is 0.463 e. The van der Waals surface area contributed by atoms with Gasteiger partial charge < -0.3 is 20.3 Å². The summed E-state index contributed by atoms with van der Waals surface area (Å²) in [6.45, 7) is 4.00. The summed E-state index contributed by atoms with van der Waals surface area (Å²) in [5.74, 6) is -0.517. The van der Waals surface area contributed by atoms with Crippen molar-refractivity contribution in [2.45, 2.75) is 122 Å². The fraction of sp³-hybridized carbons (Fsp3) is 0.750. The van der Waals surface area contributed by atoms with E-state index in [0.29, 0.717) is 6.42 Å². The van der Waals surface area contributed by atoms with Gasteiger partial charge in [-0.1, -0.05) is 77.4 Å². The number of esters is 1. The number of nitrogens with zero attached hydrogens (tertiary/aromatic N) is 2. The van der Waals surface area contributed by atoms with Crippen molar-refractivity contribution in [2.75, 3.05) is 12.3 Å². The topological polar surface area (TPSA) is 117 Å². The van der Waals surface area contributed by atoms with Gasteiger partial charge in [0, 0.05) is 18.5 Å². The molecule has 2 rings (SSSR count). The van der Waals surface area contributed by atoms with Crippen LogP contribution in [0.1, 0.15) is 110 Å². The molecule has 204 valence electrons. The van der Waals surface area contributed by atoms with Crippen molar-refractivity contribution in [2.24, 2.45) is 5.92 Å². The molecule has 0 bridgehead atoms. The van der Waals surface area contributed by atoms with Gasteiger partial charge in [0.05, 0.1) is 6.10 Å². The summed E-state index contributed by atoms with van der Waals surface area (Å²) in [7, 11) is 0. The van der Waals surface area contributed by atoms with Gasteiger partial charge in [-0.05, 0) is 38.2 Å². The summed E-state index contributed by atoms with van der Waals surface area (Å²) in [5, 5.41) is 10.5. The molecule has 1 aromatic heterocycles. The third kappa shape index (κ3) is 10.8. The smallest absolute Gasteiger partial charge is 0.351 e. The number of anilines is 1. The molecule has 4 atom stereocenters. The number of rotatable bonds is 18. The Labute approximate surface area is 216 Å². The average molecular weight is 506 g/mol. The molecule has 0 aromatic carbocycles. The maximum atomic E-state index is 12.1. The number of aliphatic hydroxyl groups excluding tert-OH is 1. The van der Waals surface area contributed by atoms with E-state index in [1.165, 1.54) is 74.6 Å². The van der Waals surface area contributed by atoms with Crippen LogP contribution in [0, 0.1) is 5.92 Å². The third-order valence-corrected chi connectivity index (χ3v) is 6.86. The van der Waals surface area contributed by atoms with Crippen LogP contribution < -0.4 is 11.4 Å². The number of hydrogen-bond acceptors (Lipinski definition) is 7. The number of aliphatic hydroxyl groups is 1. The first-order valence-electron chi connectivity index (χ1n) is 13.9. The lowest BCUT2D eigenvalue weighted by atomic mass is 10.0. The van der Waals surface area contributed by atoms with Crippen molar-refractivity contribution in [1.82, 2.24) is 9.55 Å². The Balaban J connectivity index is 1.50. The molecule has 1 saturated heterocycles. The zero-order valence-corrected chi connectivity index (χ0v) is 22.3. The molecule has 0 saturated carbocycles. The lowest BCUT2D eigenvalue weighted by Crippen LogP contribution is -2.31. The second-order valence-corrected chi connectivity index (χ2v) is 9.97. The summed E-state index contributed by atoms with van der Waals surface area (Å²) in [6, 6.07) is 1.51. The van der Waals surface area contributed by atoms with E-state index in [2.05, 4.69) is 24.1 Å². The van der Waals surface area contributed by atoms with Crippen molar-refractivity contribution >= 4 is 11.8 Å². The summed E-state index contributed by atoms with van der Waals surface area (Å²) < 4.78 is 12.5. The van der Waals surface area contributed by atoms with Gasteiger partial charge in [0.1, 0.15) is 24.8 Å². The highest BCUT2D eigenvalue weighted by Crippen LogP contribution is 2.33. The number of allylic oxidation sites excluding steroid dienone is 2. The van der Waals surface area contributed by atoms with E-state index in [0.717, 1.165) is 25.7 Å². The van der Waals surface area contributed by atoms with E-state index < -0.39 is 24.1 Å². The molecule has 1 aromatic rings. The maximum absolute atomic E-state index is 12.1. The number of nitrogens with two attached hydrogens (primary N) is 1. The molecule has 8 heteroatoms. The van der Waals surface area contributed by atoms with Gasteiger partial charge >= 0.3 is 11.7 Å². The molecule has 3 unspecified atom stereocenters. The van der Waals surface area contributed by atoms with Gasteiger partial charge in [-0.3, -0.25) is 9.36 Å². The minimum absolute atomic E-state index is 0.0386. The SMILES string of the molecule is CCCCCCCC/C=C/CCCCCCCC(=O)OCC1O[C@@H](n2ccc(N)nc2=O)C(C)C1O. The Morgan fingerprint density at radius 1 is 1.08 bits per heavy atom. The van der Waals surface area contributed by atoms with Crippen LogP contribution in [0.25, 0.3) is 0 Å². The van der Waals surface area contributed by atoms with E-state index in [-0.39, 0.29) is 24.3 Å². The van der Waals surface area contributed by atoms with Crippen LogP contribution in [0.4, 0.5) is 5.82 Å². The number of unbranched alkanes of at least 4 members (excludes halogenated alkanes) is 11. The van der Waals surface area contributed by atoms with Crippen LogP contribution in [0.2, 0.25) is 0 Å². The molecule has 1 fully saturated rings. The lowest BCUT2D eigenvalue weighted by molar-refractivity contribution is -0.150. The van der Waals surface area contributed by atoms with Crippen molar-refractivity contribution in [3.05, 3.63) is 34.9 Å². The molecule has 1 aliphatic rings. The highest BCUT2D eigenvalue weighted by atomic mass is 16.6. The van der Waals surface area contributed by atoms with Gasteiger partial charge in [0.2, 0.25) is 0 Å². The van der Waals surface area contributed by atoms with Crippen LogP contribution in [0.5, 0.6) is 0 Å². The Morgan fingerprint density at radius 3 is 2.33 bits per heavy atom. The Morgan fingerprint density at radius 2 is 1.69 bits per heavy atom. The molecular formula is C28H47N3O5. The van der Waals surface area contributed by atoms with E-state index in [9.17, 15) is 14.7 Å². The average Bonchev–Trinajstić information content (AvgIpc) is 3.13. The molecule has 0 radical (unpaired) electrons. The standard InChI is InChI=1S/C28H47N3O5/c1-3-4-5-6-7-8-9-10-11-12-13-14-15-16-17-18-25(32)35-21-23-26(33)22(2)27(36-23)31-20-19-24(29)30-28(31)34/h10-11,19-20,22-23,26-27,33H,3-9,12-18,21H2,1-2H3,(H2,29,30,34)/b11-10+/t22?,23?,26?,27-/m1/s1. The molecule has 0 aliphatic carbocycles. The van der Waals surface area contributed by atoms with Gasteiger partial charge in [-0.25, -0.2) is 4.79 Å². The van der Waals surface area contributed by atoms with E-state index in [1.807, 2.05) is 0 Å². The van der Waals surface area contributed by atoms with E-state index in [4.69, 9.17) is 15.2 Å². The highest BCUT2D eigenvalue weighted by Gasteiger charge is 2.42. The molecule has 8 nitrogen and oxygen atoms in total. The molecule has 0 amide bonds. The zero-order chi connectivity index (χ0) is 26.2. The summed E-state index contributed by atoms with van der Waals surface area (Å²) in [5.41, 5.74) is 5.00. The molecule has 36 heavy (non-hydrogen) atoms. The number of nitrogen functional groups attached to an aromatic ring is 1. The minimum atomic E-state index is -0.855. The van der Waals surface area contributed by atoms with Gasteiger partial charge in [0.25, 0.3) is 0 Å². The predicted octanol–water partition coefficient (Wildman–Crippen LogP) is 5.30. The van der Waals surface area contributed by atoms with Gasteiger partial charge in [0.15, 0.2) is 0 Å². The first-order chi connectivity index (χ1) is 17.4. The number of hydrogen-bond donors (Lipinski definition) is 2. The first-order valence-corrected chi connectivity index (χ1v) is 13.9. The van der Waals surface area contributed by atoms with Crippen molar-refractivity contribution in [3.63, 3.8) is 0 Å². The Bertz CT molecular complexity index is 841. The monoisotopic (exact) mass is 505 g/mol. The van der Waals surface area contributed by atoms with Crippen LogP contribution >= 0.6 is 0 Å². The normalized spacial score (nSPS) is 21.9. The van der Waals surface area contributed by atoms with E-state index in [1.54, 1.807) is 6.92 Å². The minimum Gasteiger partial charge on any atom is -0.463 e. The molecule has 0 spiro atoms. The zero-order valence-electron chi connectivity index (χ0n) is 22.3. The van der Waals surface area contributed by atoms with Gasteiger partial charge in [-0.15, -0.1) is 0 Å². The molecule has 2 heterocycles. The van der Waals surface area contributed by atoms with Gasteiger partial charge in [-0.2, -0.15) is 4.98 Å². The second kappa shape index (κ2) is 17.3. The molecular weight excluding hydrogens is 458 g/mol. The summed E-state index contributed by atoms with van der Waals surface area (Å²) >= 11 is 0. The number of aromatic nitrogens is 2. The van der Waals surface area contributed by atoms with Crippen LogP contribution in [-0.4, -0.2) is 39.4 Å². The second-order valence-electron chi connectivity index (χ2n) is 9.97. The van der Waals surface area contributed by atoms with Crippen LogP contribution in [0.15, 0.2) is 29.2 Å². The van der Waals surface area contributed by atoms with Crippen LogP contribution in [-0.2, 0) is 14.3 Å². The fourth-order valence-electron chi connectivity index (χ4n) is 4.55. The predicted molar refractivity (Wildman–Crippen MR) is 142 cm³/mol. The number of carbonyl (C=O) groups excluding carboxylic acids is 1. The number of carbonyl (C=O) groups is 1. The van der Waals surface area contributed by atoms with Crippen molar-refractivity contribution in [3.8, 4) is 0 Å². The van der Waals surface area contributed by atoms with Crippen molar-refractivity contribution in [1.29, 1.82) is 0 Å². The van der Waals surface area contributed by atoms with Crippen molar-refractivity contribution < 1.29 is 19.4 Å². The molecule has 1 aliphatic heterocycles. The Kier molecular flexibility index (Phi) is 14.4. The summed E-state index contributed by atoms with van der Waals surface area (Å²) in [4.78, 5) is 27.9. The fourth-order valence-corrected chi connectivity index (χ4v) is 4.55. The molecule has 3 N–H and O–H groups in total. The number of ether oxygens (including phenoxy) is 2. The quantitative estimate of drug-likeness (QED) is 0.158. The maximum Gasteiger partial charge on any atom is 0.351 e. The third-order valence-electron chi connectivity index (χ3n) is 6.86. The Hall–Kier alpha value is -2.19. The van der Waals surface area contributed by atoms with E-state index >= 15 is 0 Å². The lowest BCUT2D eigenvalue weighted by Gasteiger charge is -2.17. The summed E-state index contributed by atoms with van der Waals surface area (Å²) in [6.07, 6.45) is 20.0.